The molecule has 2 aliphatic heterocycles. The van der Waals surface area contributed by atoms with E-state index < -0.39 is 0 Å². The van der Waals surface area contributed by atoms with Gasteiger partial charge in [0.05, 0.1) is 16.8 Å². The topological polar surface area (TPSA) is 33.1 Å². The number of rotatable bonds is 2. The highest BCUT2D eigenvalue weighted by Crippen LogP contribution is 2.51. The average molecular weight is 383 g/mol. The SMILES string of the molecule is Cn1cc(-c2c(Cl)c(F)cc3c2CC2(c4ccccc4)CNCCN32)cn1. The second-order valence-corrected chi connectivity index (χ2v) is 7.73. The van der Waals surface area contributed by atoms with Crippen LogP contribution in [0.1, 0.15) is 11.1 Å². The van der Waals surface area contributed by atoms with Crippen molar-refractivity contribution in [2.75, 3.05) is 24.5 Å². The summed E-state index contributed by atoms with van der Waals surface area (Å²) >= 11 is 6.46. The fourth-order valence-electron chi connectivity index (χ4n) is 4.63. The Hall–Kier alpha value is -2.37. The van der Waals surface area contributed by atoms with Crippen LogP contribution in [0.4, 0.5) is 10.1 Å². The molecule has 0 aliphatic carbocycles. The summed E-state index contributed by atoms with van der Waals surface area (Å²) in [7, 11) is 1.86. The molecular weight excluding hydrogens is 363 g/mol. The van der Waals surface area contributed by atoms with Crippen LogP contribution in [0.25, 0.3) is 11.1 Å². The molecule has 0 spiro atoms. The first-order chi connectivity index (χ1) is 13.1. The van der Waals surface area contributed by atoms with Crippen LogP contribution in [0.2, 0.25) is 5.02 Å². The first kappa shape index (κ1) is 16.8. The van der Waals surface area contributed by atoms with Gasteiger partial charge in [0.25, 0.3) is 0 Å². The molecule has 1 aromatic heterocycles. The molecule has 5 rings (SSSR count). The first-order valence-electron chi connectivity index (χ1n) is 9.14. The summed E-state index contributed by atoms with van der Waals surface area (Å²) in [5.41, 5.74) is 4.68. The number of aryl methyl sites for hydroxylation is 1. The number of aromatic nitrogens is 2. The lowest BCUT2D eigenvalue weighted by Crippen LogP contribution is -2.57. The van der Waals surface area contributed by atoms with Crippen LogP contribution < -0.4 is 10.2 Å². The van der Waals surface area contributed by atoms with Crippen molar-refractivity contribution in [3.8, 4) is 11.1 Å². The van der Waals surface area contributed by atoms with E-state index >= 15 is 0 Å². The molecular formula is C21H20ClFN4. The van der Waals surface area contributed by atoms with E-state index in [1.54, 1.807) is 16.9 Å². The van der Waals surface area contributed by atoms with Gasteiger partial charge in [-0.25, -0.2) is 4.39 Å². The van der Waals surface area contributed by atoms with Crippen LogP contribution in [-0.2, 0) is 19.0 Å². The quantitative estimate of drug-likeness (QED) is 0.733. The zero-order chi connectivity index (χ0) is 18.6. The molecule has 3 aromatic rings. The fraction of sp³-hybridized carbons (Fsp3) is 0.286. The molecule has 6 heteroatoms. The van der Waals surface area contributed by atoms with E-state index in [9.17, 15) is 4.39 Å². The minimum absolute atomic E-state index is 0.178. The van der Waals surface area contributed by atoms with Gasteiger partial charge in [-0.1, -0.05) is 41.9 Å². The number of piperazine rings is 1. The van der Waals surface area contributed by atoms with Crippen LogP contribution in [0.3, 0.4) is 0 Å². The predicted molar refractivity (Wildman–Crippen MR) is 106 cm³/mol. The van der Waals surface area contributed by atoms with E-state index in [0.29, 0.717) is 0 Å². The second-order valence-electron chi connectivity index (χ2n) is 7.35. The van der Waals surface area contributed by atoms with Crippen LogP contribution in [0.5, 0.6) is 0 Å². The normalized spacial score (nSPS) is 21.2. The number of nitrogens with zero attached hydrogens (tertiary/aromatic N) is 3. The van der Waals surface area contributed by atoms with Gasteiger partial charge in [-0.05, 0) is 17.2 Å². The van der Waals surface area contributed by atoms with Gasteiger partial charge in [0.2, 0.25) is 0 Å². The Bertz CT molecular complexity index is 1020. The molecule has 3 heterocycles. The van der Waals surface area contributed by atoms with Crippen molar-refractivity contribution in [3.05, 3.63) is 70.8 Å². The summed E-state index contributed by atoms with van der Waals surface area (Å²) in [6.07, 6.45) is 4.43. The van der Waals surface area contributed by atoms with E-state index in [1.807, 2.05) is 19.3 Å². The highest BCUT2D eigenvalue weighted by atomic mass is 35.5. The highest BCUT2D eigenvalue weighted by molar-refractivity contribution is 6.34. The van der Waals surface area contributed by atoms with Crippen LogP contribution in [0.15, 0.2) is 48.8 Å². The molecule has 2 aromatic carbocycles. The van der Waals surface area contributed by atoms with Crippen molar-refractivity contribution in [2.24, 2.45) is 7.05 Å². The molecule has 138 valence electrons. The van der Waals surface area contributed by atoms with E-state index in [4.69, 9.17) is 11.6 Å². The maximum absolute atomic E-state index is 14.8. The van der Waals surface area contributed by atoms with Crippen molar-refractivity contribution < 1.29 is 4.39 Å². The van der Waals surface area contributed by atoms with Crippen LogP contribution in [0, 0.1) is 5.82 Å². The number of benzene rings is 2. The standard InChI is InChI=1S/C21H20ClFN4/c1-26-12-14(11-25-26)19-16-10-21(15-5-3-2-4-6-15)13-24-7-8-27(21)18(16)9-17(23)20(19)22/h2-6,9,11-12,24H,7-8,10,13H2,1H3. The van der Waals surface area contributed by atoms with Crippen LogP contribution in [-0.4, -0.2) is 29.4 Å². The summed E-state index contributed by atoms with van der Waals surface area (Å²) in [6, 6.07) is 12.1. The molecule has 1 N–H and O–H groups in total. The summed E-state index contributed by atoms with van der Waals surface area (Å²) < 4.78 is 16.5. The second kappa shape index (κ2) is 6.08. The van der Waals surface area contributed by atoms with Gasteiger partial charge in [0.1, 0.15) is 5.82 Å². The lowest BCUT2D eigenvalue weighted by atomic mass is 9.83. The maximum Gasteiger partial charge on any atom is 0.144 e. The Labute approximate surface area is 162 Å². The van der Waals surface area contributed by atoms with E-state index in [1.165, 1.54) is 5.56 Å². The monoisotopic (exact) mass is 382 g/mol. The fourth-order valence-corrected chi connectivity index (χ4v) is 4.90. The van der Waals surface area contributed by atoms with Gasteiger partial charge in [-0.2, -0.15) is 5.10 Å². The summed E-state index contributed by atoms with van der Waals surface area (Å²) in [4.78, 5) is 2.35. The largest absolute Gasteiger partial charge is 0.359 e. The van der Waals surface area contributed by atoms with Crippen molar-refractivity contribution >= 4 is 17.3 Å². The number of halogens is 2. The summed E-state index contributed by atoms with van der Waals surface area (Å²) in [5, 5.41) is 7.98. The molecule has 4 nitrogen and oxygen atoms in total. The molecule has 0 bridgehead atoms. The molecule has 27 heavy (non-hydrogen) atoms. The van der Waals surface area contributed by atoms with Gasteiger partial charge in [0, 0.05) is 56.1 Å². The molecule has 1 atom stereocenters. The molecule has 0 saturated carbocycles. The third-order valence-corrected chi connectivity index (χ3v) is 6.18. The molecule has 2 aliphatic rings. The van der Waals surface area contributed by atoms with Gasteiger partial charge >= 0.3 is 0 Å². The first-order valence-corrected chi connectivity index (χ1v) is 9.52. The third kappa shape index (κ3) is 2.42. The zero-order valence-corrected chi connectivity index (χ0v) is 15.8. The Morgan fingerprint density at radius 2 is 2.07 bits per heavy atom. The van der Waals surface area contributed by atoms with Gasteiger partial charge in [-0.15, -0.1) is 0 Å². The summed E-state index contributed by atoms with van der Waals surface area (Å²) in [5.74, 6) is -0.378. The Morgan fingerprint density at radius 3 is 2.81 bits per heavy atom. The lowest BCUT2D eigenvalue weighted by molar-refractivity contribution is 0.350. The maximum atomic E-state index is 14.8. The van der Waals surface area contributed by atoms with Gasteiger partial charge in [0.15, 0.2) is 0 Å². The lowest BCUT2D eigenvalue weighted by Gasteiger charge is -2.45. The molecule has 0 radical (unpaired) electrons. The van der Waals surface area contributed by atoms with Crippen molar-refractivity contribution in [1.82, 2.24) is 15.1 Å². The average Bonchev–Trinajstić information content (AvgIpc) is 3.25. The minimum Gasteiger partial charge on any atom is -0.359 e. The van der Waals surface area contributed by atoms with Crippen molar-refractivity contribution in [1.29, 1.82) is 0 Å². The molecule has 1 fully saturated rings. The molecule has 1 unspecified atom stereocenters. The molecule has 0 amide bonds. The Morgan fingerprint density at radius 1 is 1.26 bits per heavy atom. The van der Waals surface area contributed by atoms with Gasteiger partial charge in [-0.3, -0.25) is 4.68 Å². The van der Waals surface area contributed by atoms with Gasteiger partial charge < -0.3 is 10.2 Å². The number of anilines is 1. The van der Waals surface area contributed by atoms with E-state index in [0.717, 1.165) is 48.4 Å². The summed E-state index contributed by atoms with van der Waals surface area (Å²) in [6.45, 7) is 2.52. The number of fused-ring (bicyclic) bond motifs is 3. The third-order valence-electron chi connectivity index (χ3n) is 5.81. The molecule has 1 saturated heterocycles. The minimum atomic E-state index is -0.378. The number of hydrogen-bond acceptors (Lipinski definition) is 3. The zero-order valence-electron chi connectivity index (χ0n) is 15.0. The van der Waals surface area contributed by atoms with E-state index in [2.05, 4.69) is 39.6 Å². The highest BCUT2D eigenvalue weighted by Gasteiger charge is 2.48. The predicted octanol–water partition coefficient (Wildman–Crippen LogP) is 3.74. The number of nitrogens with one attached hydrogen (secondary N) is 1. The number of hydrogen-bond donors (Lipinski definition) is 1. The van der Waals surface area contributed by atoms with E-state index in [-0.39, 0.29) is 16.4 Å². The smallest absolute Gasteiger partial charge is 0.144 e. The van der Waals surface area contributed by atoms with Crippen molar-refractivity contribution in [3.63, 3.8) is 0 Å². The van der Waals surface area contributed by atoms with Crippen molar-refractivity contribution in [2.45, 2.75) is 12.0 Å². The van der Waals surface area contributed by atoms with Crippen LogP contribution >= 0.6 is 11.6 Å². The Balaban J connectivity index is 1.75. The Kier molecular flexibility index (Phi) is 3.78.